The Bertz CT molecular complexity index is 799. The van der Waals surface area contributed by atoms with Crippen molar-refractivity contribution in [1.29, 1.82) is 0 Å². The Morgan fingerprint density at radius 2 is 1.92 bits per heavy atom. The first-order chi connectivity index (χ1) is 12.3. The number of amides is 1. The van der Waals surface area contributed by atoms with Crippen molar-refractivity contribution in [2.75, 3.05) is 13.2 Å². The molecular weight excluding hydrogens is 314 g/mol. The highest BCUT2D eigenvalue weighted by molar-refractivity contribution is 5.75. The van der Waals surface area contributed by atoms with E-state index in [4.69, 9.17) is 4.74 Å². The van der Waals surface area contributed by atoms with Gasteiger partial charge in [0.1, 0.15) is 11.6 Å². The van der Waals surface area contributed by atoms with Crippen LogP contribution in [0.25, 0.3) is 5.52 Å². The van der Waals surface area contributed by atoms with Gasteiger partial charge in [0.05, 0.1) is 18.3 Å². The predicted molar refractivity (Wildman–Crippen MR) is 97.7 cm³/mol. The van der Waals surface area contributed by atoms with Crippen LogP contribution in [0.5, 0.6) is 5.75 Å². The molecule has 3 aromatic rings. The van der Waals surface area contributed by atoms with E-state index >= 15 is 0 Å². The van der Waals surface area contributed by atoms with Crippen LogP contribution in [-0.4, -0.2) is 28.4 Å². The molecule has 5 nitrogen and oxygen atoms in total. The van der Waals surface area contributed by atoms with E-state index in [1.165, 1.54) is 0 Å². The molecule has 0 bridgehead atoms. The molecule has 5 heteroatoms. The SMILES string of the molecule is O=C(CCCOc1ccccc1)NCCCc1ncc2ccccn12. The summed E-state index contributed by atoms with van der Waals surface area (Å²) in [5, 5.41) is 2.96. The Morgan fingerprint density at radius 3 is 2.80 bits per heavy atom. The highest BCUT2D eigenvalue weighted by atomic mass is 16.5. The summed E-state index contributed by atoms with van der Waals surface area (Å²) in [5.74, 6) is 1.94. The van der Waals surface area contributed by atoms with E-state index in [-0.39, 0.29) is 5.91 Å². The molecule has 2 heterocycles. The standard InChI is InChI=1S/C20H23N3O2/c24-20(12-7-15-25-18-9-2-1-3-10-18)21-13-6-11-19-22-16-17-8-4-5-14-23(17)19/h1-5,8-10,14,16H,6-7,11-13,15H2,(H,21,24). The summed E-state index contributed by atoms with van der Waals surface area (Å²) in [4.78, 5) is 16.3. The molecule has 0 fully saturated rings. The highest BCUT2D eigenvalue weighted by Gasteiger charge is 2.04. The van der Waals surface area contributed by atoms with Gasteiger partial charge in [0.25, 0.3) is 0 Å². The van der Waals surface area contributed by atoms with Gasteiger partial charge in [0.15, 0.2) is 0 Å². The summed E-state index contributed by atoms with van der Waals surface area (Å²) in [6.07, 6.45) is 6.81. The average molecular weight is 337 g/mol. The molecule has 0 saturated heterocycles. The minimum atomic E-state index is 0.0737. The number of carbonyl (C=O) groups is 1. The number of fused-ring (bicyclic) bond motifs is 1. The van der Waals surface area contributed by atoms with Gasteiger partial charge < -0.3 is 14.5 Å². The molecule has 0 aliphatic heterocycles. The minimum absolute atomic E-state index is 0.0737. The van der Waals surface area contributed by atoms with Crippen molar-refractivity contribution in [3.8, 4) is 5.75 Å². The lowest BCUT2D eigenvalue weighted by Crippen LogP contribution is -2.25. The van der Waals surface area contributed by atoms with Crippen LogP contribution in [0.3, 0.4) is 0 Å². The zero-order chi connectivity index (χ0) is 17.3. The highest BCUT2D eigenvalue weighted by Crippen LogP contribution is 2.09. The molecule has 130 valence electrons. The predicted octanol–water partition coefficient (Wildman–Crippen LogP) is 3.24. The fourth-order valence-electron chi connectivity index (χ4n) is 2.69. The molecule has 0 spiro atoms. The van der Waals surface area contributed by atoms with Gasteiger partial charge >= 0.3 is 0 Å². The molecule has 2 aromatic heterocycles. The third kappa shape index (κ3) is 5.08. The summed E-state index contributed by atoms with van der Waals surface area (Å²) in [6.45, 7) is 1.22. The largest absolute Gasteiger partial charge is 0.494 e. The Balaban J connectivity index is 1.29. The summed E-state index contributed by atoms with van der Waals surface area (Å²) in [7, 11) is 0. The molecule has 25 heavy (non-hydrogen) atoms. The summed E-state index contributed by atoms with van der Waals surface area (Å²) >= 11 is 0. The van der Waals surface area contributed by atoms with Crippen molar-refractivity contribution in [2.45, 2.75) is 25.7 Å². The summed E-state index contributed by atoms with van der Waals surface area (Å²) in [6, 6.07) is 15.7. The van der Waals surface area contributed by atoms with E-state index in [1.807, 2.05) is 60.9 Å². The van der Waals surface area contributed by atoms with Gasteiger partial charge in [-0.2, -0.15) is 0 Å². The number of ether oxygens (including phenoxy) is 1. The number of carbonyl (C=O) groups excluding carboxylic acids is 1. The number of nitrogens with one attached hydrogen (secondary N) is 1. The van der Waals surface area contributed by atoms with Crippen molar-refractivity contribution in [3.05, 3.63) is 66.7 Å². The minimum Gasteiger partial charge on any atom is -0.494 e. The monoisotopic (exact) mass is 337 g/mol. The fraction of sp³-hybridized carbons (Fsp3) is 0.300. The number of nitrogens with zero attached hydrogens (tertiary/aromatic N) is 2. The zero-order valence-electron chi connectivity index (χ0n) is 14.2. The smallest absolute Gasteiger partial charge is 0.220 e. The van der Waals surface area contributed by atoms with E-state index < -0.39 is 0 Å². The number of hydrogen-bond donors (Lipinski definition) is 1. The van der Waals surface area contributed by atoms with E-state index in [0.29, 0.717) is 26.0 Å². The number of imidazole rings is 1. The Kier molecular flexibility index (Phi) is 6.04. The van der Waals surface area contributed by atoms with Crippen LogP contribution in [0.4, 0.5) is 0 Å². The van der Waals surface area contributed by atoms with Crippen molar-refractivity contribution in [2.24, 2.45) is 0 Å². The third-order valence-electron chi connectivity index (χ3n) is 3.97. The van der Waals surface area contributed by atoms with Gasteiger partial charge in [0.2, 0.25) is 5.91 Å². The molecule has 0 radical (unpaired) electrons. The van der Waals surface area contributed by atoms with Crippen LogP contribution in [-0.2, 0) is 11.2 Å². The number of pyridine rings is 1. The van der Waals surface area contributed by atoms with E-state index in [2.05, 4.69) is 14.7 Å². The van der Waals surface area contributed by atoms with Gasteiger partial charge in [-0.05, 0) is 37.1 Å². The maximum atomic E-state index is 11.8. The Labute approximate surface area is 147 Å². The molecule has 0 unspecified atom stereocenters. The molecule has 0 saturated carbocycles. The average Bonchev–Trinajstić information content (AvgIpc) is 3.06. The van der Waals surface area contributed by atoms with Gasteiger partial charge in [0, 0.05) is 25.6 Å². The van der Waals surface area contributed by atoms with Crippen LogP contribution >= 0.6 is 0 Å². The van der Waals surface area contributed by atoms with Crippen molar-refractivity contribution in [1.82, 2.24) is 14.7 Å². The number of aryl methyl sites for hydroxylation is 1. The lowest BCUT2D eigenvalue weighted by molar-refractivity contribution is -0.121. The second-order valence-corrected chi connectivity index (χ2v) is 5.89. The third-order valence-corrected chi connectivity index (χ3v) is 3.97. The van der Waals surface area contributed by atoms with Gasteiger partial charge in [-0.25, -0.2) is 4.98 Å². The maximum Gasteiger partial charge on any atom is 0.220 e. The van der Waals surface area contributed by atoms with Crippen LogP contribution in [0.2, 0.25) is 0 Å². The quantitative estimate of drug-likeness (QED) is 0.610. The fourth-order valence-corrected chi connectivity index (χ4v) is 2.69. The number of benzene rings is 1. The van der Waals surface area contributed by atoms with E-state index in [1.54, 1.807) is 0 Å². The van der Waals surface area contributed by atoms with Gasteiger partial charge in [-0.3, -0.25) is 4.79 Å². The number of aromatic nitrogens is 2. The molecule has 3 rings (SSSR count). The molecule has 0 atom stereocenters. The second kappa shape index (κ2) is 8.87. The topological polar surface area (TPSA) is 55.6 Å². The number of para-hydroxylation sites is 1. The maximum absolute atomic E-state index is 11.8. The number of hydrogen-bond acceptors (Lipinski definition) is 3. The van der Waals surface area contributed by atoms with Gasteiger partial charge in [-0.15, -0.1) is 0 Å². The molecule has 1 aromatic carbocycles. The van der Waals surface area contributed by atoms with Gasteiger partial charge in [-0.1, -0.05) is 24.3 Å². The van der Waals surface area contributed by atoms with Crippen molar-refractivity contribution < 1.29 is 9.53 Å². The second-order valence-electron chi connectivity index (χ2n) is 5.89. The first kappa shape index (κ1) is 17.0. The first-order valence-electron chi connectivity index (χ1n) is 8.68. The summed E-state index contributed by atoms with van der Waals surface area (Å²) in [5.41, 5.74) is 1.10. The van der Waals surface area contributed by atoms with Crippen LogP contribution in [0.1, 0.15) is 25.1 Å². The molecular formula is C20H23N3O2. The van der Waals surface area contributed by atoms with Crippen LogP contribution in [0, 0.1) is 0 Å². The van der Waals surface area contributed by atoms with Crippen LogP contribution in [0.15, 0.2) is 60.9 Å². The Morgan fingerprint density at radius 1 is 1.08 bits per heavy atom. The first-order valence-corrected chi connectivity index (χ1v) is 8.68. The summed E-state index contributed by atoms with van der Waals surface area (Å²) < 4.78 is 7.67. The van der Waals surface area contributed by atoms with Crippen molar-refractivity contribution >= 4 is 11.4 Å². The molecule has 0 aliphatic carbocycles. The van der Waals surface area contributed by atoms with E-state index in [0.717, 1.165) is 29.9 Å². The zero-order valence-corrected chi connectivity index (χ0v) is 14.2. The lowest BCUT2D eigenvalue weighted by atomic mass is 10.2. The lowest BCUT2D eigenvalue weighted by Gasteiger charge is -2.07. The molecule has 1 N–H and O–H groups in total. The molecule has 0 aliphatic rings. The number of rotatable bonds is 9. The Hall–Kier alpha value is -2.82. The van der Waals surface area contributed by atoms with Crippen LogP contribution < -0.4 is 10.1 Å². The van der Waals surface area contributed by atoms with E-state index in [9.17, 15) is 4.79 Å². The van der Waals surface area contributed by atoms with Crippen molar-refractivity contribution in [3.63, 3.8) is 0 Å². The molecule has 1 amide bonds. The normalized spacial score (nSPS) is 10.7.